The van der Waals surface area contributed by atoms with Crippen LogP contribution in [0.15, 0.2) is 41.4 Å². The summed E-state index contributed by atoms with van der Waals surface area (Å²) in [4.78, 5) is 3.34. The van der Waals surface area contributed by atoms with E-state index in [1.54, 1.807) is 0 Å². The Morgan fingerprint density at radius 3 is 2.59 bits per heavy atom. The van der Waals surface area contributed by atoms with Crippen molar-refractivity contribution in [2.75, 3.05) is 6.61 Å². The summed E-state index contributed by atoms with van der Waals surface area (Å²) < 4.78 is 62.0. The predicted octanol–water partition coefficient (Wildman–Crippen LogP) is 2.63. The summed E-state index contributed by atoms with van der Waals surface area (Å²) in [6, 6.07) is 0. The van der Waals surface area contributed by atoms with Crippen LogP contribution in [0.5, 0.6) is 0 Å². The van der Waals surface area contributed by atoms with Crippen LogP contribution in [-0.2, 0) is 9.47 Å². The Morgan fingerprint density at radius 2 is 1.94 bits per heavy atom. The van der Waals surface area contributed by atoms with Gasteiger partial charge in [-0.15, -0.1) is 0 Å². The molecule has 7 heteroatoms. The molecule has 1 aliphatic heterocycles. The first-order chi connectivity index (χ1) is 7.93. The number of rotatable bonds is 1. The van der Waals surface area contributed by atoms with Crippen LogP contribution >= 0.6 is 0 Å². The maximum Gasteiger partial charge on any atom is 0.355 e. The molecule has 2 aliphatic rings. The van der Waals surface area contributed by atoms with Crippen molar-refractivity contribution < 1.29 is 27.0 Å². The Balaban J connectivity index is 2.29. The van der Waals surface area contributed by atoms with Crippen LogP contribution in [0.1, 0.15) is 0 Å². The normalized spacial score (nSPS) is 27.3. The minimum atomic E-state index is -4.36. The fourth-order valence-electron chi connectivity index (χ4n) is 1.24. The molecule has 1 heterocycles. The van der Waals surface area contributed by atoms with Gasteiger partial charge in [0.25, 0.3) is 0 Å². The molecule has 0 N–H and O–H groups in total. The van der Waals surface area contributed by atoms with E-state index in [4.69, 9.17) is 9.47 Å². The average molecular weight is 249 g/mol. The molecule has 0 radical (unpaired) electrons. The number of hydrogen-bond acceptors (Lipinski definition) is 3. The van der Waals surface area contributed by atoms with Crippen LogP contribution < -0.4 is 0 Å². The van der Waals surface area contributed by atoms with E-state index in [9.17, 15) is 17.6 Å². The van der Waals surface area contributed by atoms with Gasteiger partial charge in [0.1, 0.15) is 18.2 Å². The zero-order valence-corrected chi connectivity index (χ0v) is 8.37. The SMILES string of the molecule is FC1(F)C=CC=C(N=C2COC=CO2)C1(F)F. The summed E-state index contributed by atoms with van der Waals surface area (Å²) in [7, 11) is 0. The molecule has 17 heavy (non-hydrogen) atoms. The Morgan fingerprint density at radius 1 is 1.18 bits per heavy atom. The lowest BCUT2D eigenvalue weighted by atomic mass is 10.0. The third-order valence-electron chi connectivity index (χ3n) is 2.11. The Bertz CT molecular complexity index is 438. The average Bonchev–Trinajstić information content (AvgIpc) is 2.27. The van der Waals surface area contributed by atoms with Gasteiger partial charge in [-0.2, -0.15) is 17.6 Å². The highest BCUT2D eigenvalue weighted by atomic mass is 19.3. The second-order valence-corrected chi connectivity index (χ2v) is 3.31. The number of ether oxygens (including phenoxy) is 2. The van der Waals surface area contributed by atoms with Gasteiger partial charge in [0.15, 0.2) is 6.61 Å². The Hall–Kier alpha value is -1.79. The first kappa shape index (κ1) is 11.7. The van der Waals surface area contributed by atoms with Crippen LogP contribution in [0.25, 0.3) is 0 Å². The molecule has 92 valence electrons. The molecule has 0 unspecified atom stereocenters. The largest absolute Gasteiger partial charge is 0.488 e. The molecule has 0 aromatic rings. The lowest BCUT2D eigenvalue weighted by molar-refractivity contribution is -0.156. The molecule has 0 spiro atoms. The van der Waals surface area contributed by atoms with Crippen molar-refractivity contribution in [2.24, 2.45) is 4.99 Å². The third kappa shape index (κ3) is 2.04. The van der Waals surface area contributed by atoms with Crippen molar-refractivity contribution in [1.82, 2.24) is 0 Å². The predicted molar refractivity (Wildman–Crippen MR) is 50.7 cm³/mol. The monoisotopic (exact) mass is 249 g/mol. The minimum absolute atomic E-state index is 0.134. The van der Waals surface area contributed by atoms with Gasteiger partial charge in [0.2, 0.25) is 5.90 Å². The van der Waals surface area contributed by atoms with E-state index in [2.05, 4.69) is 4.99 Å². The summed E-state index contributed by atoms with van der Waals surface area (Å²) in [5.74, 6) is -8.82. The molecule has 2 rings (SSSR count). The van der Waals surface area contributed by atoms with Crippen molar-refractivity contribution in [3.05, 3.63) is 36.4 Å². The molecule has 0 amide bonds. The summed E-state index contributed by atoms with van der Waals surface area (Å²) >= 11 is 0. The van der Waals surface area contributed by atoms with E-state index in [1.165, 1.54) is 6.26 Å². The van der Waals surface area contributed by atoms with E-state index in [0.717, 1.165) is 18.4 Å². The molecule has 0 saturated heterocycles. The molecule has 0 fully saturated rings. The van der Waals surface area contributed by atoms with Crippen molar-refractivity contribution >= 4 is 5.90 Å². The molecule has 1 aliphatic carbocycles. The van der Waals surface area contributed by atoms with Crippen molar-refractivity contribution in [3.8, 4) is 0 Å². The highest BCUT2D eigenvalue weighted by molar-refractivity contribution is 5.79. The summed E-state index contributed by atoms with van der Waals surface area (Å²) in [5, 5.41) is 0. The van der Waals surface area contributed by atoms with Crippen molar-refractivity contribution in [3.63, 3.8) is 0 Å². The first-order valence-electron chi connectivity index (χ1n) is 4.60. The van der Waals surface area contributed by atoms with Gasteiger partial charge in [-0.3, -0.25) is 0 Å². The molecule has 3 nitrogen and oxygen atoms in total. The summed E-state index contributed by atoms with van der Waals surface area (Å²) in [6.45, 7) is -0.181. The zero-order valence-electron chi connectivity index (χ0n) is 8.37. The van der Waals surface area contributed by atoms with E-state index < -0.39 is 17.5 Å². The number of halogens is 4. The maximum atomic E-state index is 13.3. The van der Waals surface area contributed by atoms with E-state index in [0.29, 0.717) is 0 Å². The first-order valence-corrected chi connectivity index (χ1v) is 4.60. The highest BCUT2D eigenvalue weighted by Gasteiger charge is 2.58. The standard InChI is InChI=1S/C10H7F4NO2/c11-9(12)3-1-2-7(10(9,13)14)15-8-6-16-4-5-17-8/h1-5H,6H2. The molecule has 0 aromatic carbocycles. The fourth-order valence-corrected chi connectivity index (χ4v) is 1.24. The number of nitrogens with zero attached hydrogens (tertiary/aromatic N) is 1. The van der Waals surface area contributed by atoms with Crippen LogP contribution in [0, 0.1) is 0 Å². The lowest BCUT2D eigenvalue weighted by Gasteiger charge is -2.26. The van der Waals surface area contributed by atoms with Gasteiger partial charge in [-0.05, 0) is 12.2 Å². The second kappa shape index (κ2) is 3.90. The van der Waals surface area contributed by atoms with Crippen LogP contribution in [0.2, 0.25) is 0 Å². The van der Waals surface area contributed by atoms with Crippen LogP contribution in [-0.4, -0.2) is 24.3 Å². The van der Waals surface area contributed by atoms with Gasteiger partial charge in [0, 0.05) is 0 Å². The minimum Gasteiger partial charge on any atom is -0.488 e. The summed E-state index contributed by atoms with van der Waals surface area (Å²) in [6.07, 6.45) is 4.05. The molecular formula is C10H7F4NO2. The number of allylic oxidation sites excluding steroid dienone is 4. The number of hydrogen-bond donors (Lipinski definition) is 0. The van der Waals surface area contributed by atoms with Gasteiger partial charge in [0.05, 0.1) is 0 Å². The molecule has 0 saturated carbocycles. The Labute approximate surface area is 93.7 Å². The second-order valence-electron chi connectivity index (χ2n) is 3.31. The maximum absolute atomic E-state index is 13.3. The third-order valence-corrected chi connectivity index (χ3v) is 2.11. The molecule has 0 aromatic heterocycles. The molecular weight excluding hydrogens is 242 g/mol. The Kier molecular flexibility index (Phi) is 2.68. The quantitative estimate of drug-likeness (QED) is 0.669. The summed E-state index contributed by atoms with van der Waals surface area (Å²) in [5.41, 5.74) is -1.06. The fraction of sp³-hybridized carbons (Fsp3) is 0.300. The highest BCUT2D eigenvalue weighted by Crippen LogP contribution is 2.43. The van der Waals surface area contributed by atoms with E-state index in [-0.39, 0.29) is 18.6 Å². The van der Waals surface area contributed by atoms with Crippen molar-refractivity contribution in [1.29, 1.82) is 0 Å². The topological polar surface area (TPSA) is 30.8 Å². The molecule has 0 bridgehead atoms. The van der Waals surface area contributed by atoms with Crippen LogP contribution in [0.4, 0.5) is 17.6 Å². The lowest BCUT2D eigenvalue weighted by Crippen LogP contribution is -2.41. The molecule has 0 atom stereocenters. The van der Waals surface area contributed by atoms with E-state index >= 15 is 0 Å². The smallest absolute Gasteiger partial charge is 0.355 e. The van der Waals surface area contributed by atoms with Gasteiger partial charge in [-0.25, -0.2) is 4.99 Å². The number of alkyl halides is 4. The number of aliphatic imine (C=N–C) groups is 1. The van der Waals surface area contributed by atoms with Crippen LogP contribution in [0.3, 0.4) is 0 Å². The van der Waals surface area contributed by atoms with E-state index in [1.807, 2.05) is 0 Å². The zero-order chi connectivity index (χ0) is 12.5. The van der Waals surface area contributed by atoms with Gasteiger partial charge in [-0.1, -0.05) is 6.08 Å². The van der Waals surface area contributed by atoms with Gasteiger partial charge < -0.3 is 9.47 Å². The van der Waals surface area contributed by atoms with Crippen molar-refractivity contribution in [2.45, 2.75) is 11.8 Å². The van der Waals surface area contributed by atoms with Gasteiger partial charge >= 0.3 is 11.8 Å².